The molecule has 0 radical (unpaired) electrons. The maximum Gasteiger partial charge on any atom is 0.0942 e. The summed E-state index contributed by atoms with van der Waals surface area (Å²) in [5.41, 5.74) is 9.66. The second kappa shape index (κ2) is 18.6. The summed E-state index contributed by atoms with van der Waals surface area (Å²) in [5.74, 6) is 0. The molecule has 2 nitrogen and oxygen atoms in total. The van der Waals surface area contributed by atoms with Gasteiger partial charge in [0.1, 0.15) is 0 Å². The number of hydrogen-bond donors (Lipinski definition) is 0. The molecule has 0 unspecified atom stereocenters. The Morgan fingerprint density at radius 2 is 0.674 bits per heavy atom. The second-order valence-corrected chi connectivity index (χ2v) is 13.5. The minimum atomic E-state index is 0.950. The Kier molecular flexibility index (Phi) is 13.7. The zero-order valence-electron chi connectivity index (χ0n) is 28.7. The predicted molar refractivity (Wildman–Crippen MR) is 201 cm³/mol. The summed E-state index contributed by atoms with van der Waals surface area (Å²) in [6.07, 6.45) is 24.2. The molecule has 0 aliphatic carbocycles. The summed E-state index contributed by atoms with van der Waals surface area (Å²) in [4.78, 5) is 0. The Balaban J connectivity index is 1.14. The highest BCUT2D eigenvalue weighted by atomic mass is 15.1. The Morgan fingerprint density at radius 1 is 0.348 bits per heavy atom. The number of unbranched alkanes of at least 4 members (excludes halogenated alkanes) is 14. The molecule has 46 heavy (non-hydrogen) atoms. The quantitative estimate of drug-likeness (QED) is 0.0645. The van der Waals surface area contributed by atoms with Gasteiger partial charge in [0.15, 0.2) is 0 Å². The van der Waals surface area contributed by atoms with Crippen LogP contribution in [0.5, 0.6) is 0 Å². The highest BCUT2D eigenvalue weighted by Gasteiger charge is 2.08. The molecule has 4 aromatic carbocycles. The van der Waals surface area contributed by atoms with Gasteiger partial charge in [0.05, 0.1) is 11.0 Å². The van der Waals surface area contributed by atoms with E-state index in [-0.39, 0.29) is 0 Å². The van der Waals surface area contributed by atoms with E-state index in [2.05, 4.69) is 109 Å². The summed E-state index contributed by atoms with van der Waals surface area (Å²) in [6.45, 7) is 4.57. The Hall–Kier alpha value is -3.52. The summed E-state index contributed by atoms with van der Waals surface area (Å²) in [7, 11) is 0. The van der Waals surface area contributed by atoms with E-state index in [0.29, 0.717) is 0 Å². The molecule has 0 spiro atoms. The van der Waals surface area contributed by atoms with Crippen molar-refractivity contribution in [2.75, 3.05) is 0 Å². The standard InChI is InChI=1S/C44H56N2/c1-3-5-7-9-11-13-15-17-19-35-21-25-37(26-22-35)39-29-31-41-42-32-30-40(34-44(42)46-45-43(41)33-39)38-27-23-36(24-28-38)20-18-16-14-12-10-8-6-4-2/h21-34H,3-20H2,1-2H3. The molecule has 0 aliphatic heterocycles. The van der Waals surface area contributed by atoms with E-state index < -0.39 is 0 Å². The van der Waals surface area contributed by atoms with Gasteiger partial charge >= 0.3 is 0 Å². The molecule has 242 valence electrons. The molecule has 5 rings (SSSR count). The summed E-state index contributed by atoms with van der Waals surface area (Å²) >= 11 is 0. The summed E-state index contributed by atoms with van der Waals surface area (Å²) in [5, 5.41) is 11.6. The lowest BCUT2D eigenvalue weighted by atomic mass is 9.97. The number of aryl methyl sites for hydroxylation is 2. The van der Waals surface area contributed by atoms with Crippen molar-refractivity contribution in [3.05, 3.63) is 96.1 Å². The highest BCUT2D eigenvalue weighted by molar-refractivity contribution is 6.05. The number of fused-ring (bicyclic) bond motifs is 3. The molecule has 0 saturated carbocycles. The van der Waals surface area contributed by atoms with E-state index in [4.69, 9.17) is 0 Å². The molecular weight excluding hydrogens is 556 g/mol. The van der Waals surface area contributed by atoms with Gasteiger partial charge in [0.2, 0.25) is 0 Å². The van der Waals surface area contributed by atoms with E-state index in [1.54, 1.807) is 0 Å². The van der Waals surface area contributed by atoms with Crippen molar-refractivity contribution < 1.29 is 0 Å². The van der Waals surface area contributed by atoms with Crippen LogP contribution in [-0.2, 0) is 12.8 Å². The average molecular weight is 613 g/mol. The van der Waals surface area contributed by atoms with Gasteiger partial charge in [0.25, 0.3) is 0 Å². The van der Waals surface area contributed by atoms with Crippen LogP contribution < -0.4 is 0 Å². The first-order chi connectivity index (χ1) is 22.7. The number of benzene rings is 4. The SMILES string of the molecule is CCCCCCCCCCc1ccc(-c2ccc3c(c2)nnc2cc(-c4ccc(CCCCCCCCCC)cc4)ccc23)cc1. The summed E-state index contributed by atoms with van der Waals surface area (Å²) < 4.78 is 0. The van der Waals surface area contributed by atoms with Crippen molar-refractivity contribution in [2.24, 2.45) is 0 Å². The molecule has 5 aromatic rings. The van der Waals surface area contributed by atoms with Crippen molar-refractivity contribution >= 4 is 21.8 Å². The second-order valence-electron chi connectivity index (χ2n) is 13.5. The third kappa shape index (κ3) is 9.99. The first kappa shape index (κ1) is 33.8. The zero-order chi connectivity index (χ0) is 31.8. The minimum absolute atomic E-state index is 0.950. The molecule has 0 saturated heterocycles. The van der Waals surface area contributed by atoms with Gasteiger partial charge in [-0.2, -0.15) is 0 Å². The number of rotatable bonds is 20. The minimum Gasteiger partial charge on any atom is -0.150 e. The Morgan fingerprint density at radius 3 is 1.04 bits per heavy atom. The summed E-state index contributed by atoms with van der Waals surface area (Å²) in [6, 6.07) is 31.6. The zero-order valence-corrected chi connectivity index (χ0v) is 28.7. The van der Waals surface area contributed by atoms with Crippen LogP contribution in [0.4, 0.5) is 0 Å². The van der Waals surface area contributed by atoms with Gasteiger partial charge in [-0.1, -0.05) is 177 Å². The maximum absolute atomic E-state index is 4.66. The van der Waals surface area contributed by atoms with E-state index >= 15 is 0 Å². The third-order valence-corrected chi connectivity index (χ3v) is 9.76. The van der Waals surface area contributed by atoms with Gasteiger partial charge in [-0.05, 0) is 71.2 Å². The Labute approximate surface area is 279 Å². The number of nitrogens with zero attached hydrogens (tertiary/aromatic N) is 2. The molecule has 1 aromatic heterocycles. The van der Waals surface area contributed by atoms with Gasteiger partial charge in [-0.25, -0.2) is 0 Å². The molecule has 0 bridgehead atoms. The lowest BCUT2D eigenvalue weighted by Crippen LogP contribution is -1.91. The van der Waals surface area contributed by atoms with Crippen LogP contribution in [0.3, 0.4) is 0 Å². The van der Waals surface area contributed by atoms with Crippen LogP contribution in [-0.4, -0.2) is 10.2 Å². The predicted octanol–water partition coefficient (Wildman–Crippen LogP) is 13.5. The monoisotopic (exact) mass is 612 g/mol. The van der Waals surface area contributed by atoms with Crippen LogP contribution in [0, 0.1) is 0 Å². The van der Waals surface area contributed by atoms with Crippen LogP contribution >= 0.6 is 0 Å². The van der Waals surface area contributed by atoms with Crippen molar-refractivity contribution in [1.82, 2.24) is 10.2 Å². The first-order valence-electron chi connectivity index (χ1n) is 18.6. The van der Waals surface area contributed by atoms with Crippen molar-refractivity contribution in [1.29, 1.82) is 0 Å². The van der Waals surface area contributed by atoms with E-state index in [9.17, 15) is 0 Å². The average Bonchev–Trinajstić information content (AvgIpc) is 3.10. The molecule has 0 fully saturated rings. The van der Waals surface area contributed by atoms with Gasteiger partial charge < -0.3 is 0 Å². The normalized spacial score (nSPS) is 11.5. The van der Waals surface area contributed by atoms with E-state index in [1.807, 2.05) is 0 Å². The Bertz CT molecular complexity index is 1480. The lowest BCUT2D eigenvalue weighted by molar-refractivity contribution is 0.575. The smallest absolute Gasteiger partial charge is 0.0942 e. The van der Waals surface area contributed by atoms with Crippen molar-refractivity contribution in [3.8, 4) is 22.3 Å². The van der Waals surface area contributed by atoms with Crippen molar-refractivity contribution in [3.63, 3.8) is 0 Å². The van der Waals surface area contributed by atoms with Gasteiger partial charge in [-0.15, -0.1) is 10.2 Å². The molecule has 0 aliphatic rings. The van der Waals surface area contributed by atoms with Crippen molar-refractivity contribution in [2.45, 2.75) is 129 Å². The highest BCUT2D eigenvalue weighted by Crippen LogP contribution is 2.30. The van der Waals surface area contributed by atoms with Gasteiger partial charge in [0, 0.05) is 10.8 Å². The van der Waals surface area contributed by atoms with Crippen LogP contribution in [0.2, 0.25) is 0 Å². The first-order valence-corrected chi connectivity index (χ1v) is 18.6. The van der Waals surface area contributed by atoms with Crippen LogP contribution in [0.25, 0.3) is 44.1 Å². The van der Waals surface area contributed by atoms with Crippen LogP contribution in [0.15, 0.2) is 84.9 Å². The molecule has 2 heteroatoms. The van der Waals surface area contributed by atoms with E-state index in [1.165, 1.54) is 149 Å². The van der Waals surface area contributed by atoms with Gasteiger partial charge in [-0.3, -0.25) is 0 Å². The number of hydrogen-bond acceptors (Lipinski definition) is 2. The topological polar surface area (TPSA) is 25.8 Å². The fraction of sp³-hybridized carbons (Fsp3) is 0.455. The molecule has 0 N–H and O–H groups in total. The molecule has 0 amide bonds. The fourth-order valence-corrected chi connectivity index (χ4v) is 6.80. The van der Waals surface area contributed by atoms with E-state index in [0.717, 1.165) is 21.8 Å². The molecule has 0 atom stereocenters. The molecule has 1 heterocycles. The number of aromatic nitrogens is 2. The molecular formula is C44H56N2. The lowest BCUT2D eigenvalue weighted by Gasteiger charge is -2.09. The van der Waals surface area contributed by atoms with Crippen LogP contribution in [0.1, 0.15) is 128 Å². The third-order valence-electron chi connectivity index (χ3n) is 9.76. The maximum atomic E-state index is 4.66. The largest absolute Gasteiger partial charge is 0.150 e. The fourth-order valence-electron chi connectivity index (χ4n) is 6.80.